The Morgan fingerprint density at radius 3 is 1.32 bits per heavy atom. The van der Waals surface area contributed by atoms with E-state index in [1.807, 2.05) is 0 Å². The van der Waals surface area contributed by atoms with Gasteiger partial charge in [-0.15, -0.1) is 0 Å². The van der Waals surface area contributed by atoms with Crippen molar-refractivity contribution < 1.29 is 0 Å². The SMILES string of the molecule is Cc1cccc(CCCCCCCCCc2cccc(C)c2Br)c1Br. The predicted molar refractivity (Wildman–Crippen MR) is 117 cm³/mol. The van der Waals surface area contributed by atoms with E-state index < -0.39 is 0 Å². The first kappa shape index (κ1) is 20.7. The summed E-state index contributed by atoms with van der Waals surface area (Å²) in [5.41, 5.74) is 5.61. The molecule has 0 atom stereocenters. The van der Waals surface area contributed by atoms with Crippen molar-refractivity contribution in [3.05, 3.63) is 67.6 Å². The highest BCUT2D eigenvalue weighted by Gasteiger charge is 2.03. The molecule has 0 unspecified atom stereocenters. The third kappa shape index (κ3) is 6.90. The van der Waals surface area contributed by atoms with Crippen LogP contribution in [-0.4, -0.2) is 0 Å². The summed E-state index contributed by atoms with van der Waals surface area (Å²) in [6.07, 6.45) is 11.8. The molecule has 136 valence electrons. The minimum Gasteiger partial charge on any atom is -0.0617 e. The van der Waals surface area contributed by atoms with Gasteiger partial charge in [-0.25, -0.2) is 0 Å². The molecule has 0 saturated carbocycles. The Morgan fingerprint density at radius 1 is 0.560 bits per heavy atom. The second-order valence-electron chi connectivity index (χ2n) is 7.07. The predicted octanol–water partition coefficient (Wildman–Crippen LogP) is 8.34. The first-order valence-corrected chi connectivity index (χ1v) is 11.2. The summed E-state index contributed by atoms with van der Waals surface area (Å²) in [6.45, 7) is 4.34. The van der Waals surface area contributed by atoms with E-state index in [2.05, 4.69) is 82.1 Å². The van der Waals surface area contributed by atoms with Gasteiger partial charge in [-0.05, 0) is 61.8 Å². The third-order valence-corrected chi connectivity index (χ3v) is 7.21. The standard InChI is InChI=1S/C23H30Br2/c1-18-12-10-16-20(22(18)24)14-8-6-4-3-5-7-9-15-21-17-11-13-19(2)23(21)25/h10-13,16-17H,3-9,14-15H2,1-2H3. The molecule has 25 heavy (non-hydrogen) atoms. The van der Waals surface area contributed by atoms with Crippen molar-refractivity contribution in [1.82, 2.24) is 0 Å². The Labute approximate surface area is 170 Å². The maximum absolute atomic E-state index is 3.72. The molecule has 0 heterocycles. The van der Waals surface area contributed by atoms with Crippen LogP contribution in [0.5, 0.6) is 0 Å². The highest BCUT2D eigenvalue weighted by molar-refractivity contribution is 9.10. The zero-order valence-corrected chi connectivity index (χ0v) is 18.8. The van der Waals surface area contributed by atoms with Crippen molar-refractivity contribution in [2.75, 3.05) is 0 Å². The van der Waals surface area contributed by atoms with Gasteiger partial charge >= 0.3 is 0 Å². The summed E-state index contributed by atoms with van der Waals surface area (Å²) in [5, 5.41) is 0. The Balaban J connectivity index is 1.52. The van der Waals surface area contributed by atoms with Gasteiger partial charge in [0.25, 0.3) is 0 Å². The van der Waals surface area contributed by atoms with Gasteiger partial charge in [0, 0.05) is 8.95 Å². The number of halogens is 2. The average molecular weight is 466 g/mol. The van der Waals surface area contributed by atoms with E-state index in [0.29, 0.717) is 0 Å². The first-order chi connectivity index (χ1) is 12.1. The van der Waals surface area contributed by atoms with Gasteiger partial charge in [-0.1, -0.05) is 100 Å². The Kier molecular flexibility index (Phi) is 9.26. The van der Waals surface area contributed by atoms with Gasteiger partial charge < -0.3 is 0 Å². The van der Waals surface area contributed by atoms with E-state index in [9.17, 15) is 0 Å². The van der Waals surface area contributed by atoms with E-state index in [4.69, 9.17) is 0 Å². The summed E-state index contributed by atoms with van der Waals surface area (Å²) in [5.74, 6) is 0. The van der Waals surface area contributed by atoms with Crippen LogP contribution in [0.4, 0.5) is 0 Å². The van der Waals surface area contributed by atoms with Crippen LogP contribution in [-0.2, 0) is 12.8 Å². The summed E-state index contributed by atoms with van der Waals surface area (Å²) in [7, 11) is 0. The zero-order valence-electron chi connectivity index (χ0n) is 15.6. The number of aryl methyl sites for hydroxylation is 4. The highest BCUT2D eigenvalue weighted by atomic mass is 79.9. The van der Waals surface area contributed by atoms with E-state index >= 15 is 0 Å². The largest absolute Gasteiger partial charge is 0.0617 e. The fourth-order valence-corrected chi connectivity index (χ4v) is 4.24. The van der Waals surface area contributed by atoms with Gasteiger partial charge in [0.1, 0.15) is 0 Å². The van der Waals surface area contributed by atoms with Gasteiger partial charge in [0.2, 0.25) is 0 Å². The molecule has 0 aliphatic rings. The smallest absolute Gasteiger partial charge is 0.0236 e. The second kappa shape index (κ2) is 11.2. The molecule has 0 radical (unpaired) electrons. The van der Waals surface area contributed by atoms with Gasteiger partial charge in [0.05, 0.1) is 0 Å². The van der Waals surface area contributed by atoms with Gasteiger partial charge in [-0.3, -0.25) is 0 Å². The fourth-order valence-electron chi connectivity index (χ4n) is 3.32. The van der Waals surface area contributed by atoms with E-state index in [0.717, 1.165) is 0 Å². The van der Waals surface area contributed by atoms with Crippen molar-refractivity contribution in [1.29, 1.82) is 0 Å². The molecule has 0 bridgehead atoms. The normalized spacial score (nSPS) is 11.0. The highest BCUT2D eigenvalue weighted by Crippen LogP contribution is 2.24. The van der Waals surface area contributed by atoms with Crippen LogP contribution in [0, 0.1) is 13.8 Å². The van der Waals surface area contributed by atoms with Crippen LogP contribution in [0.1, 0.15) is 67.2 Å². The molecular formula is C23H30Br2. The van der Waals surface area contributed by atoms with E-state index in [1.165, 1.54) is 89.0 Å². The Morgan fingerprint density at radius 2 is 0.920 bits per heavy atom. The minimum absolute atomic E-state index is 1.20. The first-order valence-electron chi connectivity index (χ1n) is 9.57. The topological polar surface area (TPSA) is 0 Å². The van der Waals surface area contributed by atoms with Crippen LogP contribution in [0.3, 0.4) is 0 Å². The van der Waals surface area contributed by atoms with Crippen LogP contribution in [0.15, 0.2) is 45.3 Å². The lowest BCUT2D eigenvalue weighted by molar-refractivity contribution is 0.578. The molecule has 0 N–H and O–H groups in total. The second-order valence-corrected chi connectivity index (χ2v) is 8.66. The quantitative estimate of drug-likeness (QED) is 0.309. The van der Waals surface area contributed by atoms with Crippen molar-refractivity contribution in [3.8, 4) is 0 Å². The zero-order chi connectivity index (χ0) is 18.1. The molecule has 2 heteroatoms. The number of hydrogen-bond acceptors (Lipinski definition) is 0. The molecule has 0 fully saturated rings. The monoisotopic (exact) mass is 464 g/mol. The van der Waals surface area contributed by atoms with E-state index in [-0.39, 0.29) is 0 Å². The molecule has 2 aromatic rings. The summed E-state index contributed by atoms with van der Waals surface area (Å²) < 4.78 is 2.61. The number of rotatable bonds is 10. The maximum atomic E-state index is 3.72. The van der Waals surface area contributed by atoms with Crippen molar-refractivity contribution in [3.63, 3.8) is 0 Å². The lowest BCUT2D eigenvalue weighted by Crippen LogP contribution is -1.91. The Bertz CT molecular complexity index is 604. The number of unbranched alkanes of at least 4 members (excludes halogenated alkanes) is 6. The molecule has 2 aromatic carbocycles. The maximum Gasteiger partial charge on any atom is 0.0236 e. The lowest BCUT2D eigenvalue weighted by Gasteiger charge is -2.08. The van der Waals surface area contributed by atoms with Crippen LogP contribution < -0.4 is 0 Å². The number of hydrogen-bond donors (Lipinski definition) is 0. The van der Waals surface area contributed by atoms with Crippen molar-refractivity contribution in [2.45, 2.75) is 71.6 Å². The summed E-state index contributed by atoms with van der Waals surface area (Å²) in [6, 6.07) is 13.2. The molecule has 2 rings (SSSR count). The third-order valence-electron chi connectivity index (χ3n) is 4.94. The summed E-state index contributed by atoms with van der Waals surface area (Å²) in [4.78, 5) is 0. The molecule has 0 spiro atoms. The van der Waals surface area contributed by atoms with Crippen LogP contribution in [0.2, 0.25) is 0 Å². The summed E-state index contributed by atoms with van der Waals surface area (Å²) >= 11 is 7.43. The average Bonchev–Trinajstić information content (AvgIpc) is 2.60. The molecule has 0 aliphatic carbocycles. The molecule has 0 amide bonds. The van der Waals surface area contributed by atoms with Gasteiger partial charge in [-0.2, -0.15) is 0 Å². The molecule has 0 aliphatic heterocycles. The number of benzene rings is 2. The molecule has 0 nitrogen and oxygen atoms in total. The van der Waals surface area contributed by atoms with Gasteiger partial charge in [0.15, 0.2) is 0 Å². The molecule has 0 saturated heterocycles. The molecular weight excluding hydrogens is 436 g/mol. The Hall–Kier alpha value is -0.600. The van der Waals surface area contributed by atoms with Crippen LogP contribution >= 0.6 is 31.9 Å². The minimum atomic E-state index is 1.20. The fraction of sp³-hybridized carbons (Fsp3) is 0.478. The van der Waals surface area contributed by atoms with Crippen LogP contribution in [0.25, 0.3) is 0 Å². The van der Waals surface area contributed by atoms with Crippen molar-refractivity contribution >= 4 is 31.9 Å². The molecule has 0 aromatic heterocycles. The van der Waals surface area contributed by atoms with Crippen molar-refractivity contribution in [2.24, 2.45) is 0 Å². The lowest BCUT2D eigenvalue weighted by atomic mass is 10.0. The van der Waals surface area contributed by atoms with E-state index in [1.54, 1.807) is 0 Å².